The molecule has 2 aromatic rings. The maximum Gasteiger partial charge on any atom is 0.253 e. The number of hydrogen-bond acceptors (Lipinski definition) is 6. The van der Waals surface area contributed by atoms with Gasteiger partial charge >= 0.3 is 0 Å². The molecule has 1 spiro atoms. The highest BCUT2D eigenvalue weighted by molar-refractivity contribution is 5.99. The summed E-state index contributed by atoms with van der Waals surface area (Å²) in [6, 6.07) is 7.44. The van der Waals surface area contributed by atoms with E-state index in [-0.39, 0.29) is 11.8 Å². The van der Waals surface area contributed by atoms with Gasteiger partial charge in [0, 0.05) is 57.6 Å². The van der Waals surface area contributed by atoms with Gasteiger partial charge in [-0.25, -0.2) is 9.97 Å². The number of likely N-dealkylation sites (tertiary alicyclic amines) is 1. The SMILES string of the molecule is CN(C)c1ncc2c(n1)C1(CCN(C(=O)c3cccc(N4CCCC4=O)c3)CC1)OCC2. The van der Waals surface area contributed by atoms with E-state index in [2.05, 4.69) is 4.98 Å². The zero-order valence-corrected chi connectivity index (χ0v) is 18.7. The number of piperidine rings is 1. The topological polar surface area (TPSA) is 78.9 Å². The molecular weight excluding hydrogens is 406 g/mol. The summed E-state index contributed by atoms with van der Waals surface area (Å²) in [5, 5.41) is 0. The molecule has 0 aliphatic carbocycles. The fourth-order valence-corrected chi connectivity index (χ4v) is 4.98. The maximum absolute atomic E-state index is 13.3. The molecule has 8 heteroatoms. The monoisotopic (exact) mass is 435 g/mol. The molecule has 0 atom stereocenters. The van der Waals surface area contributed by atoms with Gasteiger partial charge in [0.15, 0.2) is 0 Å². The predicted molar refractivity (Wildman–Crippen MR) is 121 cm³/mol. The summed E-state index contributed by atoms with van der Waals surface area (Å²) >= 11 is 0. The molecule has 168 valence electrons. The summed E-state index contributed by atoms with van der Waals surface area (Å²) in [6.45, 7) is 2.58. The highest BCUT2D eigenvalue weighted by atomic mass is 16.5. The molecule has 1 aromatic carbocycles. The van der Waals surface area contributed by atoms with Crippen LogP contribution in [0.1, 0.15) is 47.3 Å². The van der Waals surface area contributed by atoms with E-state index >= 15 is 0 Å². The molecule has 2 fully saturated rings. The van der Waals surface area contributed by atoms with Crippen LogP contribution >= 0.6 is 0 Å². The average molecular weight is 436 g/mol. The minimum Gasteiger partial charge on any atom is -0.368 e. The van der Waals surface area contributed by atoms with Crippen LogP contribution in [-0.2, 0) is 21.6 Å². The quantitative estimate of drug-likeness (QED) is 0.737. The Hall–Kier alpha value is -3.00. The van der Waals surface area contributed by atoms with Gasteiger partial charge in [-0.1, -0.05) is 6.07 Å². The molecule has 0 radical (unpaired) electrons. The number of anilines is 2. The molecule has 0 saturated carbocycles. The highest BCUT2D eigenvalue weighted by Crippen LogP contribution is 2.41. The van der Waals surface area contributed by atoms with Crippen LogP contribution in [0.15, 0.2) is 30.5 Å². The van der Waals surface area contributed by atoms with Gasteiger partial charge in [0.25, 0.3) is 5.91 Å². The van der Waals surface area contributed by atoms with Crippen LogP contribution in [0.2, 0.25) is 0 Å². The molecular formula is C24H29N5O3. The molecule has 32 heavy (non-hydrogen) atoms. The van der Waals surface area contributed by atoms with E-state index in [1.807, 2.05) is 54.4 Å². The third-order valence-corrected chi connectivity index (χ3v) is 6.77. The highest BCUT2D eigenvalue weighted by Gasteiger charge is 2.43. The largest absolute Gasteiger partial charge is 0.368 e. The Balaban J connectivity index is 1.33. The summed E-state index contributed by atoms with van der Waals surface area (Å²) in [6.07, 6.45) is 5.60. The zero-order chi connectivity index (χ0) is 22.3. The van der Waals surface area contributed by atoms with E-state index < -0.39 is 5.60 Å². The Kier molecular flexibility index (Phi) is 5.33. The number of fused-ring (bicyclic) bond motifs is 2. The molecule has 5 rings (SSSR count). The van der Waals surface area contributed by atoms with E-state index in [0.717, 1.165) is 36.3 Å². The van der Waals surface area contributed by atoms with E-state index in [4.69, 9.17) is 9.72 Å². The van der Waals surface area contributed by atoms with Gasteiger partial charge in [-0.3, -0.25) is 9.59 Å². The van der Waals surface area contributed by atoms with E-state index in [0.29, 0.717) is 50.5 Å². The zero-order valence-electron chi connectivity index (χ0n) is 18.7. The van der Waals surface area contributed by atoms with Crippen LogP contribution in [0, 0.1) is 0 Å². The third kappa shape index (κ3) is 3.62. The summed E-state index contributed by atoms with van der Waals surface area (Å²) in [5.41, 5.74) is 3.10. The number of ether oxygens (including phenoxy) is 1. The van der Waals surface area contributed by atoms with Gasteiger partial charge in [-0.15, -0.1) is 0 Å². The first-order valence-electron chi connectivity index (χ1n) is 11.3. The predicted octanol–water partition coefficient (Wildman–Crippen LogP) is 2.37. The number of carbonyl (C=O) groups excluding carboxylic acids is 2. The summed E-state index contributed by atoms with van der Waals surface area (Å²) < 4.78 is 6.31. The number of benzene rings is 1. The van der Waals surface area contributed by atoms with Crippen molar-refractivity contribution in [3.05, 3.63) is 47.3 Å². The van der Waals surface area contributed by atoms with Crippen LogP contribution in [0.25, 0.3) is 0 Å². The molecule has 2 amide bonds. The van der Waals surface area contributed by atoms with Crippen molar-refractivity contribution < 1.29 is 14.3 Å². The summed E-state index contributed by atoms with van der Waals surface area (Å²) in [4.78, 5) is 40.2. The van der Waals surface area contributed by atoms with Crippen molar-refractivity contribution in [1.82, 2.24) is 14.9 Å². The maximum atomic E-state index is 13.3. The van der Waals surface area contributed by atoms with Crippen LogP contribution in [0.5, 0.6) is 0 Å². The normalized spacial score (nSPS) is 19.9. The van der Waals surface area contributed by atoms with Crippen molar-refractivity contribution in [3.63, 3.8) is 0 Å². The molecule has 1 aromatic heterocycles. The van der Waals surface area contributed by atoms with E-state index in [9.17, 15) is 9.59 Å². The Labute approximate surface area is 188 Å². The second-order valence-corrected chi connectivity index (χ2v) is 9.02. The van der Waals surface area contributed by atoms with Crippen molar-refractivity contribution >= 4 is 23.5 Å². The first-order chi connectivity index (χ1) is 15.5. The van der Waals surface area contributed by atoms with Crippen molar-refractivity contribution in [2.24, 2.45) is 0 Å². The first kappa shape index (κ1) is 20.9. The fourth-order valence-electron chi connectivity index (χ4n) is 4.98. The minimum atomic E-state index is -0.456. The lowest BCUT2D eigenvalue weighted by Crippen LogP contribution is -2.49. The number of hydrogen-bond donors (Lipinski definition) is 0. The lowest BCUT2D eigenvalue weighted by Gasteiger charge is -2.44. The summed E-state index contributed by atoms with van der Waals surface area (Å²) in [5.74, 6) is 0.808. The van der Waals surface area contributed by atoms with Crippen molar-refractivity contribution in [2.75, 3.05) is 50.1 Å². The molecule has 8 nitrogen and oxygen atoms in total. The van der Waals surface area contributed by atoms with Crippen molar-refractivity contribution in [1.29, 1.82) is 0 Å². The van der Waals surface area contributed by atoms with E-state index in [1.54, 1.807) is 4.90 Å². The number of carbonyl (C=O) groups is 2. The Morgan fingerprint density at radius 1 is 1.16 bits per heavy atom. The first-order valence-corrected chi connectivity index (χ1v) is 11.3. The number of nitrogens with zero attached hydrogens (tertiary/aromatic N) is 5. The number of aromatic nitrogens is 2. The molecule has 3 aliphatic heterocycles. The lowest BCUT2D eigenvalue weighted by atomic mass is 9.83. The number of rotatable bonds is 3. The van der Waals surface area contributed by atoms with Crippen LogP contribution in [-0.4, -0.2) is 67.0 Å². The van der Waals surface area contributed by atoms with Crippen LogP contribution in [0.3, 0.4) is 0 Å². The summed E-state index contributed by atoms with van der Waals surface area (Å²) in [7, 11) is 3.87. The van der Waals surface area contributed by atoms with Crippen LogP contribution < -0.4 is 9.80 Å². The lowest BCUT2D eigenvalue weighted by molar-refractivity contribution is -0.117. The van der Waals surface area contributed by atoms with Gasteiger partial charge in [0.2, 0.25) is 11.9 Å². The van der Waals surface area contributed by atoms with E-state index in [1.165, 1.54) is 0 Å². The second kappa shape index (κ2) is 8.16. The molecule has 0 unspecified atom stereocenters. The van der Waals surface area contributed by atoms with Gasteiger partial charge < -0.3 is 19.4 Å². The van der Waals surface area contributed by atoms with Gasteiger partial charge in [-0.05, 0) is 49.4 Å². The van der Waals surface area contributed by atoms with Gasteiger partial charge in [-0.2, -0.15) is 0 Å². The molecule has 0 bridgehead atoms. The van der Waals surface area contributed by atoms with Crippen molar-refractivity contribution in [3.8, 4) is 0 Å². The molecule has 4 heterocycles. The average Bonchev–Trinajstić information content (AvgIpc) is 3.25. The Morgan fingerprint density at radius 2 is 1.97 bits per heavy atom. The van der Waals surface area contributed by atoms with Gasteiger partial charge in [0.05, 0.1) is 12.3 Å². The Bertz CT molecular complexity index is 1050. The smallest absolute Gasteiger partial charge is 0.253 e. The van der Waals surface area contributed by atoms with Gasteiger partial charge in [0.1, 0.15) is 5.60 Å². The minimum absolute atomic E-state index is 0.000969. The standard InChI is InChI=1S/C24H29N5O3/c1-27(2)23-25-16-18-8-14-32-24(21(18)26-23)9-12-28(13-10-24)22(31)17-5-3-6-19(15-17)29-11-4-7-20(29)30/h3,5-6,15-16H,4,7-14H2,1-2H3. The van der Waals surface area contributed by atoms with Crippen molar-refractivity contribution in [2.45, 2.75) is 37.7 Å². The van der Waals surface area contributed by atoms with Crippen LogP contribution in [0.4, 0.5) is 11.6 Å². The third-order valence-electron chi connectivity index (χ3n) is 6.77. The molecule has 0 N–H and O–H groups in total. The molecule has 3 aliphatic rings. The number of amides is 2. The second-order valence-electron chi connectivity index (χ2n) is 9.02. The fraction of sp³-hybridized carbons (Fsp3) is 0.500. The Morgan fingerprint density at radius 3 is 2.69 bits per heavy atom. The molecule has 2 saturated heterocycles.